The number of ether oxygens (including phenoxy) is 3. The number of hydrogen-bond donors (Lipinski definition) is 0. The first-order chi connectivity index (χ1) is 17.3. The fraction of sp³-hybridized carbons (Fsp3) is 0.500. The molecule has 36 heavy (non-hydrogen) atoms. The van der Waals surface area contributed by atoms with Crippen LogP contribution >= 0.6 is 0 Å². The molecule has 194 valence electrons. The molecule has 0 N–H and O–H groups in total. The minimum atomic E-state index is -4.14. The van der Waals surface area contributed by atoms with Crippen molar-refractivity contribution in [2.45, 2.75) is 43.6 Å². The molecule has 2 aromatic rings. The molecular weight excluding hydrogens is 484 g/mol. The number of carbonyl (C=O) groups excluding carboxylic acids is 1. The lowest BCUT2D eigenvalue weighted by atomic mass is 9.79. The summed E-state index contributed by atoms with van der Waals surface area (Å²) in [5.41, 5.74) is 0.662. The van der Waals surface area contributed by atoms with Crippen molar-refractivity contribution in [1.82, 2.24) is 4.90 Å². The van der Waals surface area contributed by atoms with E-state index in [9.17, 15) is 13.2 Å². The van der Waals surface area contributed by atoms with Gasteiger partial charge in [0.25, 0.3) is 0 Å². The van der Waals surface area contributed by atoms with E-state index in [4.69, 9.17) is 18.4 Å². The lowest BCUT2D eigenvalue weighted by Crippen LogP contribution is -2.38. The van der Waals surface area contributed by atoms with Crippen LogP contribution in [0.4, 0.5) is 10.5 Å². The van der Waals surface area contributed by atoms with Crippen LogP contribution in [-0.2, 0) is 10.1 Å². The molecule has 2 fully saturated rings. The van der Waals surface area contributed by atoms with Gasteiger partial charge in [-0.25, -0.2) is 4.79 Å². The molecule has 1 aliphatic carbocycles. The van der Waals surface area contributed by atoms with Crippen LogP contribution in [0.25, 0.3) is 0 Å². The van der Waals surface area contributed by atoms with Gasteiger partial charge in [0.05, 0.1) is 20.3 Å². The van der Waals surface area contributed by atoms with Gasteiger partial charge < -0.3 is 23.3 Å². The largest absolute Gasteiger partial charge is 0.493 e. The molecule has 10 heteroatoms. The number of nitrogens with zero attached hydrogens (tertiary/aromatic N) is 2. The van der Waals surface area contributed by atoms with Crippen LogP contribution in [0.15, 0.2) is 41.3 Å². The van der Waals surface area contributed by atoms with Crippen molar-refractivity contribution in [3.63, 3.8) is 0 Å². The van der Waals surface area contributed by atoms with Crippen molar-refractivity contribution >= 4 is 21.8 Å². The van der Waals surface area contributed by atoms with Gasteiger partial charge in [-0.05, 0) is 61.8 Å². The number of amides is 2. The van der Waals surface area contributed by atoms with E-state index < -0.39 is 10.1 Å². The molecule has 2 aromatic carbocycles. The van der Waals surface area contributed by atoms with Crippen molar-refractivity contribution in [2.75, 3.05) is 38.8 Å². The maximum Gasteiger partial charge on any atom is 0.339 e. The lowest BCUT2D eigenvalue weighted by molar-refractivity contribution is 0.0917. The molecule has 1 saturated carbocycles. The Labute approximate surface area is 212 Å². The predicted octanol–water partition coefficient (Wildman–Crippen LogP) is 4.30. The van der Waals surface area contributed by atoms with E-state index in [0.717, 1.165) is 25.7 Å². The predicted molar refractivity (Wildman–Crippen MR) is 134 cm³/mol. The number of benzene rings is 2. The Morgan fingerprint density at radius 3 is 2.53 bits per heavy atom. The van der Waals surface area contributed by atoms with Gasteiger partial charge in [0, 0.05) is 37.5 Å². The molecule has 6 rings (SSSR count). The van der Waals surface area contributed by atoms with Crippen molar-refractivity contribution in [2.24, 2.45) is 11.8 Å². The fourth-order valence-electron chi connectivity index (χ4n) is 5.48. The summed E-state index contributed by atoms with van der Waals surface area (Å²) < 4.78 is 49.0. The normalized spacial score (nSPS) is 25.4. The highest BCUT2D eigenvalue weighted by molar-refractivity contribution is 7.87. The Morgan fingerprint density at radius 2 is 1.81 bits per heavy atom. The van der Waals surface area contributed by atoms with Crippen LogP contribution < -0.4 is 23.3 Å². The van der Waals surface area contributed by atoms with Crippen molar-refractivity contribution in [3.05, 3.63) is 36.4 Å². The first-order valence-corrected chi connectivity index (χ1v) is 13.7. The van der Waals surface area contributed by atoms with E-state index in [1.54, 1.807) is 23.1 Å². The lowest BCUT2D eigenvalue weighted by Gasteiger charge is -2.35. The van der Waals surface area contributed by atoms with Crippen molar-refractivity contribution in [3.8, 4) is 23.0 Å². The van der Waals surface area contributed by atoms with E-state index in [-0.39, 0.29) is 22.8 Å². The molecule has 1 saturated heterocycles. The Balaban J connectivity index is 1.56. The number of methoxy groups -OCH3 is 2. The summed E-state index contributed by atoms with van der Waals surface area (Å²) in [6, 6.07) is 9.14. The summed E-state index contributed by atoms with van der Waals surface area (Å²) in [6.07, 6.45) is 3.72. The molecule has 9 nitrogen and oxygen atoms in total. The first kappa shape index (κ1) is 24.5. The van der Waals surface area contributed by atoms with E-state index in [0.29, 0.717) is 54.4 Å². The average molecular weight is 517 g/mol. The van der Waals surface area contributed by atoms with Gasteiger partial charge in [0.1, 0.15) is 4.90 Å². The summed E-state index contributed by atoms with van der Waals surface area (Å²) in [5.74, 6) is 1.87. The van der Waals surface area contributed by atoms with E-state index >= 15 is 0 Å². The number of carbonyl (C=O) groups is 1. The molecule has 2 amide bonds. The number of anilines is 1. The second-order valence-corrected chi connectivity index (χ2v) is 11.3. The minimum Gasteiger partial charge on any atom is -0.493 e. The Bertz CT molecular complexity index is 1230. The zero-order chi connectivity index (χ0) is 25.4. The Kier molecular flexibility index (Phi) is 6.63. The zero-order valence-corrected chi connectivity index (χ0v) is 21.6. The topological polar surface area (TPSA) is 94.6 Å². The van der Waals surface area contributed by atoms with Crippen molar-refractivity contribution in [1.29, 1.82) is 0 Å². The molecule has 0 radical (unpaired) electrons. The maximum absolute atomic E-state index is 13.1. The number of fused-ring (bicyclic) bond motifs is 4. The van der Waals surface area contributed by atoms with Gasteiger partial charge in [-0.3, -0.25) is 4.90 Å². The monoisotopic (exact) mass is 516 g/mol. The van der Waals surface area contributed by atoms with E-state index in [2.05, 4.69) is 6.92 Å². The molecule has 8 bridgehead atoms. The third kappa shape index (κ3) is 4.66. The van der Waals surface area contributed by atoms with Gasteiger partial charge in [-0.15, -0.1) is 0 Å². The molecule has 0 aromatic heterocycles. The fourth-order valence-corrected chi connectivity index (χ4v) is 6.40. The van der Waals surface area contributed by atoms with Crippen molar-refractivity contribution < 1.29 is 31.6 Å². The summed E-state index contributed by atoms with van der Waals surface area (Å²) in [4.78, 5) is 16.7. The summed E-state index contributed by atoms with van der Waals surface area (Å²) in [7, 11) is -1.14. The average Bonchev–Trinajstić information content (AvgIpc) is 3.23. The molecule has 3 heterocycles. The first-order valence-electron chi connectivity index (χ1n) is 12.3. The third-order valence-electron chi connectivity index (χ3n) is 7.43. The summed E-state index contributed by atoms with van der Waals surface area (Å²) >= 11 is 0. The standard InChI is InChI=1S/C26H32N2O7S/c1-17-16-27-11-12-28(26(27)29)19-7-9-22(10-8-19)36(30,31)35-21-14-23(32-2)25(33-3)24(15-21)34-20-6-4-5-18(17)13-20/h7-10,14-15,17-18,20H,4-6,11-13,16H2,1-3H3. The van der Waals surface area contributed by atoms with Crippen LogP contribution in [0.5, 0.6) is 23.0 Å². The van der Waals surface area contributed by atoms with Gasteiger partial charge >= 0.3 is 16.1 Å². The highest BCUT2D eigenvalue weighted by atomic mass is 32.2. The molecular formula is C26H32N2O7S. The van der Waals surface area contributed by atoms with Gasteiger partial charge in [-0.1, -0.05) is 6.92 Å². The zero-order valence-electron chi connectivity index (χ0n) is 20.8. The molecule has 0 spiro atoms. The third-order valence-corrected chi connectivity index (χ3v) is 8.69. The van der Waals surface area contributed by atoms with Gasteiger partial charge in [0.2, 0.25) is 5.75 Å². The highest BCUT2D eigenvalue weighted by Gasteiger charge is 2.35. The number of urea groups is 1. The van der Waals surface area contributed by atoms with Crippen LogP contribution in [0.1, 0.15) is 32.6 Å². The summed E-state index contributed by atoms with van der Waals surface area (Å²) in [6.45, 7) is 4.09. The molecule has 4 aliphatic rings. The van der Waals surface area contributed by atoms with E-state index in [1.165, 1.54) is 32.4 Å². The minimum absolute atomic E-state index is 0.0168. The SMILES string of the molecule is COc1cc2cc(c1OC)OC1CCCC(C1)C(C)CN1CCN(C1=O)c1ccc(cc1)S(=O)(=O)O2. The quantitative estimate of drug-likeness (QED) is 0.549. The van der Waals surface area contributed by atoms with E-state index in [1.807, 2.05) is 4.90 Å². The van der Waals surface area contributed by atoms with Crippen LogP contribution in [0.3, 0.4) is 0 Å². The molecule has 3 aliphatic heterocycles. The van der Waals surface area contributed by atoms with Gasteiger partial charge in [-0.2, -0.15) is 8.42 Å². The highest BCUT2D eigenvalue weighted by Crippen LogP contribution is 2.44. The number of rotatable bonds is 2. The summed E-state index contributed by atoms with van der Waals surface area (Å²) in [5, 5.41) is 0. The van der Waals surface area contributed by atoms with Crippen LogP contribution in [-0.4, -0.2) is 59.3 Å². The number of hydrogen-bond acceptors (Lipinski definition) is 7. The van der Waals surface area contributed by atoms with Crippen LogP contribution in [0.2, 0.25) is 0 Å². The maximum atomic E-state index is 13.1. The Hall–Kier alpha value is -3.14. The molecule has 3 unspecified atom stereocenters. The molecule has 3 atom stereocenters. The van der Waals surface area contributed by atoms with Gasteiger partial charge in [0.15, 0.2) is 17.2 Å². The smallest absolute Gasteiger partial charge is 0.339 e. The second kappa shape index (κ2) is 9.72. The van der Waals surface area contributed by atoms with Crippen LogP contribution in [0, 0.1) is 11.8 Å². The second-order valence-electron chi connectivity index (χ2n) is 9.71. The Morgan fingerprint density at radius 1 is 1.03 bits per heavy atom.